The van der Waals surface area contributed by atoms with Gasteiger partial charge in [-0.2, -0.15) is 0 Å². The fourth-order valence-corrected chi connectivity index (χ4v) is 6.41. The average Bonchev–Trinajstić information content (AvgIpc) is 3.48. The molecule has 5 nitrogen and oxygen atoms in total. The quantitative estimate of drug-likeness (QED) is 0.808. The van der Waals surface area contributed by atoms with E-state index in [-0.39, 0.29) is 18.5 Å². The van der Waals surface area contributed by atoms with Crippen molar-refractivity contribution >= 4 is 32.4 Å². The summed E-state index contributed by atoms with van der Waals surface area (Å²) in [6.45, 7) is -0.0941. The third-order valence-corrected chi connectivity index (χ3v) is 7.96. The molecular formula is C21H24N2O3S. The SMILES string of the molecule is O=C(CN1c2cccc3cccc(c23)S1(=O)=O)N(C1CCCCC1)C1CC1. The van der Waals surface area contributed by atoms with Crippen LogP contribution in [0.2, 0.25) is 0 Å². The minimum absolute atomic E-state index is 0.0437. The molecule has 0 N–H and O–H groups in total. The zero-order chi connectivity index (χ0) is 18.6. The number of amides is 1. The van der Waals surface area contributed by atoms with E-state index in [9.17, 15) is 13.2 Å². The van der Waals surface area contributed by atoms with E-state index < -0.39 is 10.0 Å². The van der Waals surface area contributed by atoms with Gasteiger partial charge in [-0.05, 0) is 43.2 Å². The van der Waals surface area contributed by atoms with Gasteiger partial charge in [0, 0.05) is 17.5 Å². The monoisotopic (exact) mass is 384 g/mol. The molecule has 2 aromatic carbocycles. The van der Waals surface area contributed by atoms with Crippen molar-refractivity contribution in [2.24, 2.45) is 0 Å². The molecule has 1 heterocycles. The molecule has 2 aromatic rings. The van der Waals surface area contributed by atoms with Gasteiger partial charge < -0.3 is 4.90 Å². The molecule has 0 unspecified atom stereocenters. The number of carbonyl (C=O) groups is 1. The second-order valence-corrected chi connectivity index (χ2v) is 9.80. The number of anilines is 1. The van der Waals surface area contributed by atoms with E-state index in [4.69, 9.17) is 0 Å². The van der Waals surface area contributed by atoms with Crippen LogP contribution in [0.4, 0.5) is 5.69 Å². The number of nitrogens with zero attached hydrogens (tertiary/aromatic N) is 2. The van der Waals surface area contributed by atoms with Crippen LogP contribution in [-0.2, 0) is 14.8 Å². The number of sulfonamides is 1. The van der Waals surface area contributed by atoms with Crippen LogP contribution in [0.1, 0.15) is 44.9 Å². The summed E-state index contributed by atoms with van der Waals surface area (Å²) in [6.07, 6.45) is 7.74. The molecule has 142 valence electrons. The predicted octanol–water partition coefficient (Wildman–Crippen LogP) is 3.67. The van der Waals surface area contributed by atoms with Crippen LogP contribution in [0, 0.1) is 0 Å². The van der Waals surface area contributed by atoms with E-state index >= 15 is 0 Å². The molecule has 0 bridgehead atoms. The van der Waals surface area contributed by atoms with Gasteiger partial charge in [0.2, 0.25) is 5.91 Å². The maximum Gasteiger partial charge on any atom is 0.265 e. The molecule has 6 heteroatoms. The van der Waals surface area contributed by atoms with Crippen molar-refractivity contribution in [3.8, 4) is 0 Å². The first-order valence-corrected chi connectivity index (χ1v) is 11.4. The van der Waals surface area contributed by atoms with Crippen LogP contribution in [0.25, 0.3) is 10.8 Å². The molecule has 1 aliphatic heterocycles. The van der Waals surface area contributed by atoms with E-state index in [2.05, 4.69) is 0 Å². The minimum Gasteiger partial charge on any atom is -0.335 e. The topological polar surface area (TPSA) is 57.7 Å². The summed E-state index contributed by atoms with van der Waals surface area (Å²) in [5.74, 6) is -0.0437. The van der Waals surface area contributed by atoms with Gasteiger partial charge >= 0.3 is 0 Å². The van der Waals surface area contributed by atoms with E-state index in [1.165, 1.54) is 10.7 Å². The summed E-state index contributed by atoms with van der Waals surface area (Å²) in [5.41, 5.74) is 0.635. The van der Waals surface area contributed by atoms with Crippen molar-refractivity contribution in [3.63, 3.8) is 0 Å². The van der Waals surface area contributed by atoms with Gasteiger partial charge in [-0.25, -0.2) is 8.42 Å². The fourth-order valence-electron chi connectivity index (χ4n) is 4.75. The highest BCUT2D eigenvalue weighted by Gasteiger charge is 2.42. The largest absolute Gasteiger partial charge is 0.335 e. The van der Waals surface area contributed by atoms with Gasteiger partial charge in [0.1, 0.15) is 6.54 Å². The summed E-state index contributed by atoms with van der Waals surface area (Å²) >= 11 is 0. The molecule has 0 aromatic heterocycles. The number of benzene rings is 2. The van der Waals surface area contributed by atoms with Crippen molar-refractivity contribution in [1.29, 1.82) is 0 Å². The average molecular weight is 385 g/mol. The predicted molar refractivity (Wildman–Crippen MR) is 105 cm³/mol. The van der Waals surface area contributed by atoms with E-state index in [1.807, 2.05) is 29.2 Å². The molecule has 2 fully saturated rings. The zero-order valence-electron chi connectivity index (χ0n) is 15.3. The maximum atomic E-state index is 13.3. The smallest absolute Gasteiger partial charge is 0.265 e. The molecule has 2 aliphatic carbocycles. The first-order valence-electron chi connectivity index (χ1n) is 9.93. The number of hydrogen-bond acceptors (Lipinski definition) is 3. The maximum absolute atomic E-state index is 13.3. The van der Waals surface area contributed by atoms with E-state index in [0.29, 0.717) is 16.6 Å². The van der Waals surface area contributed by atoms with Crippen molar-refractivity contribution in [1.82, 2.24) is 4.90 Å². The van der Waals surface area contributed by atoms with E-state index in [1.54, 1.807) is 12.1 Å². The molecule has 5 rings (SSSR count). The summed E-state index contributed by atoms with van der Waals surface area (Å²) in [6, 6.07) is 11.5. The van der Waals surface area contributed by atoms with Gasteiger partial charge in [-0.3, -0.25) is 9.10 Å². The first-order chi connectivity index (χ1) is 13.1. The first kappa shape index (κ1) is 17.0. The minimum atomic E-state index is -3.68. The van der Waals surface area contributed by atoms with Crippen LogP contribution in [0.5, 0.6) is 0 Å². The van der Waals surface area contributed by atoms with Crippen molar-refractivity contribution in [2.75, 3.05) is 10.8 Å². The fraction of sp³-hybridized carbons (Fsp3) is 0.476. The van der Waals surface area contributed by atoms with Crippen molar-refractivity contribution < 1.29 is 13.2 Å². The Labute approximate surface area is 160 Å². The van der Waals surface area contributed by atoms with Crippen molar-refractivity contribution in [2.45, 2.75) is 61.9 Å². The van der Waals surface area contributed by atoms with Crippen LogP contribution in [0.15, 0.2) is 41.3 Å². The van der Waals surface area contributed by atoms with Crippen molar-refractivity contribution in [3.05, 3.63) is 36.4 Å². The summed E-state index contributed by atoms with van der Waals surface area (Å²) in [7, 11) is -3.68. The molecule has 0 saturated heterocycles. The summed E-state index contributed by atoms with van der Waals surface area (Å²) < 4.78 is 27.6. The Hall–Kier alpha value is -2.08. The molecule has 0 atom stereocenters. The highest BCUT2D eigenvalue weighted by atomic mass is 32.2. The second-order valence-electron chi connectivity index (χ2n) is 7.97. The molecule has 0 spiro atoms. The van der Waals surface area contributed by atoms with Crippen LogP contribution >= 0.6 is 0 Å². The Morgan fingerprint density at radius 2 is 1.63 bits per heavy atom. The lowest BCUT2D eigenvalue weighted by Crippen LogP contribution is -2.48. The third kappa shape index (κ3) is 2.73. The normalized spacial score (nSPS) is 21.6. The Morgan fingerprint density at radius 3 is 2.33 bits per heavy atom. The lowest BCUT2D eigenvalue weighted by Gasteiger charge is -2.35. The van der Waals surface area contributed by atoms with E-state index in [0.717, 1.165) is 49.3 Å². The molecule has 27 heavy (non-hydrogen) atoms. The Bertz CT molecular complexity index is 1000. The summed E-state index contributed by atoms with van der Waals surface area (Å²) in [5, 5.41) is 1.64. The Morgan fingerprint density at radius 1 is 0.963 bits per heavy atom. The van der Waals surface area contributed by atoms with Crippen LogP contribution in [0.3, 0.4) is 0 Å². The summed E-state index contributed by atoms with van der Waals surface area (Å²) in [4.78, 5) is 15.6. The molecule has 1 amide bonds. The zero-order valence-corrected chi connectivity index (χ0v) is 16.1. The Kier molecular flexibility index (Phi) is 3.93. The highest BCUT2D eigenvalue weighted by molar-refractivity contribution is 7.93. The lowest BCUT2D eigenvalue weighted by atomic mass is 9.94. The molecule has 0 radical (unpaired) electrons. The second kappa shape index (κ2) is 6.23. The van der Waals surface area contributed by atoms with Gasteiger partial charge in [-0.1, -0.05) is 43.5 Å². The van der Waals surface area contributed by atoms with Gasteiger partial charge in [0.15, 0.2) is 0 Å². The highest BCUT2D eigenvalue weighted by Crippen LogP contribution is 2.42. The third-order valence-electron chi connectivity index (χ3n) is 6.16. The number of hydrogen-bond donors (Lipinski definition) is 0. The molecular weight excluding hydrogens is 360 g/mol. The molecule has 3 aliphatic rings. The standard InChI is InChI=1S/C21H24N2O3S/c24-20(23(17-12-13-17)16-8-2-1-3-9-16)14-22-18-10-4-6-15-7-5-11-19(21(15)18)27(22,25)26/h4-7,10-11,16-17H,1-3,8-9,12-14H2. The van der Waals surface area contributed by atoms with Gasteiger partial charge in [0.25, 0.3) is 10.0 Å². The number of carbonyl (C=O) groups excluding carboxylic acids is 1. The van der Waals surface area contributed by atoms with Gasteiger partial charge in [-0.15, -0.1) is 0 Å². The van der Waals surface area contributed by atoms with Crippen LogP contribution < -0.4 is 4.31 Å². The Balaban J connectivity index is 1.48. The number of rotatable bonds is 4. The molecule has 2 saturated carbocycles. The lowest BCUT2D eigenvalue weighted by molar-refractivity contribution is -0.133. The van der Waals surface area contributed by atoms with Crippen LogP contribution in [-0.4, -0.2) is 37.9 Å². The van der Waals surface area contributed by atoms with Gasteiger partial charge in [0.05, 0.1) is 10.6 Å².